The molecule has 0 saturated carbocycles. The first kappa shape index (κ1) is 10.6. The van der Waals surface area contributed by atoms with Crippen LogP contribution in [0.15, 0.2) is 42.5 Å². The van der Waals surface area contributed by atoms with Gasteiger partial charge >= 0.3 is 5.97 Å². The number of hydrogen-bond acceptors (Lipinski definition) is 3. The molecule has 1 unspecified atom stereocenters. The van der Waals surface area contributed by atoms with Crippen molar-refractivity contribution < 1.29 is 14.3 Å². The van der Waals surface area contributed by atoms with E-state index in [0.717, 1.165) is 5.56 Å². The predicted molar refractivity (Wildman–Crippen MR) is 58.5 cm³/mol. The van der Waals surface area contributed by atoms with Crippen LogP contribution >= 0.6 is 0 Å². The van der Waals surface area contributed by atoms with Gasteiger partial charge in [0.15, 0.2) is 5.78 Å². The van der Waals surface area contributed by atoms with Gasteiger partial charge < -0.3 is 4.74 Å². The summed E-state index contributed by atoms with van der Waals surface area (Å²) >= 11 is 0. The Kier molecular flexibility index (Phi) is 3.15. The summed E-state index contributed by atoms with van der Waals surface area (Å²) in [4.78, 5) is 22.8. The lowest BCUT2D eigenvalue weighted by atomic mass is 10.1. The van der Waals surface area contributed by atoms with E-state index in [1.165, 1.54) is 6.08 Å². The van der Waals surface area contributed by atoms with E-state index in [4.69, 9.17) is 4.74 Å². The molecule has 0 aromatic heterocycles. The molecule has 0 aliphatic heterocycles. The maximum absolute atomic E-state index is 11.5. The Bertz CT molecular complexity index is 420. The van der Waals surface area contributed by atoms with Gasteiger partial charge in [-0.05, 0) is 18.1 Å². The number of allylic oxidation sites excluding steroid dienone is 2. The van der Waals surface area contributed by atoms with Gasteiger partial charge in [-0.15, -0.1) is 0 Å². The van der Waals surface area contributed by atoms with Gasteiger partial charge in [-0.2, -0.15) is 0 Å². The molecule has 0 radical (unpaired) electrons. The van der Waals surface area contributed by atoms with Gasteiger partial charge in [-0.3, -0.25) is 9.59 Å². The first-order chi connectivity index (χ1) is 7.77. The highest BCUT2D eigenvalue weighted by Gasteiger charge is 2.28. The Morgan fingerprint density at radius 1 is 1.31 bits per heavy atom. The molecule has 0 heterocycles. The third-order valence-electron chi connectivity index (χ3n) is 2.51. The maximum atomic E-state index is 11.5. The molecule has 0 amide bonds. The highest BCUT2D eigenvalue weighted by molar-refractivity contribution is 6.06. The largest absolute Gasteiger partial charge is 0.460 e. The van der Waals surface area contributed by atoms with E-state index in [1.54, 1.807) is 6.08 Å². The average molecular weight is 216 g/mol. The van der Waals surface area contributed by atoms with Crippen LogP contribution in [0.1, 0.15) is 12.0 Å². The number of ether oxygens (including phenoxy) is 1. The van der Waals surface area contributed by atoms with Crippen molar-refractivity contribution >= 4 is 11.8 Å². The van der Waals surface area contributed by atoms with Crippen LogP contribution in [0.4, 0.5) is 0 Å². The highest BCUT2D eigenvalue weighted by atomic mass is 16.5. The van der Waals surface area contributed by atoms with Crippen molar-refractivity contribution in [3.8, 4) is 0 Å². The Morgan fingerprint density at radius 3 is 2.69 bits per heavy atom. The minimum atomic E-state index is -0.622. The van der Waals surface area contributed by atoms with Crippen LogP contribution in [-0.2, 0) is 20.9 Å². The zero-order chi connectivity index (χ0) is 11.4. The Hall–Kier alpha value is -1.90. The summed E-state index contributed by atoms with van der Waals surface area (Å²) in [5, 5.41) is 0. The summed E-state index contributed by atoms with van der Waals surface area (Å²) in [6, 6.07) is 9.41. The molecule has 0 spiro atoms. The lowest BCUT2D eigenvalue weighted by Gasteiger charge is -2.08. The Balaban J connectivity index is 1.87. The number of hydrogen-bond donors (Lipinski definition) is 0. The summed E-state index contributed by atoms with van der Waals surface area (Å²) < 4.78 is 5.08. The van der Waals surface area contributed by atoms with Crippen molar-refractivity contribution in [1.29, 1.82) is 0 Å². The topological polar surface area (TPSA) is 43.4 Å². The van der Waals surface area contributed by atoms with Gasteiger partial charge in [0, 0.05) is 0 Å². The second-order valence-electron chi connectivity index (χ2n) is 3.69. The molecule has 3 nitrogen and oxygen atoms in total. The summed E-state index contributed by atoms with van der Waals surface area (Å²) in [5.41, 5.74) is 0.925. The van der Waals surface area contributed by atoms with Crippen molar-refractivity contribution in [1.82, 2.24) is 0 Å². The van der Waals surface area contributed by atoms with Crippen LogP contribution in [0.5, 0.6) is 0 Å². The van der Waals surface area contributed by atoms with Crippen molar-refractivity contribution in [2.24, 2.45) is 5.92 Å². The van der Waals surface area contributed by atoms with Crippen LogP contribution in [0.25, 0.3) is 0 Å². The van der Waals surface area contributed by atoms with Crippen molar-refractivity contribution in [3.63, 3.8) is 0 Å². The standard InChI is InChI=1S/C13H12O3/c14-12-8-4-7-11(12)13(15)16-9-10-5-2-1-3-6-10/h1-6,8,11H,7,9H2. The van der Waals surface area contributed by atoms with Crippen molar-refractivity contribution in [2.75, 3.05) is 0 Å². The fourth-order valence-corrected chi connectivity index (χ4v) is 1.59. The molecule has 3 heteroatoms. The highest BCUT2D eigenvalue weighted by Crippen LogP contribution is 2.16. The molecule has 1 aromatic rings. The van der Waals surface area contributed by atoms with Crippen LogP contribution in [-0.4, -0.2) is 11.8 Å². The van der Waals surface area contributed by atoms with Gasteiger partial charge in [-0.1, -0.05) is 36.4 Å². The van der Waals surface area contributed by atoms with Gasteiger partial charge in [-0.25, -0.2) is 0 Å². The molecular formula is C13H12O3. The van der Waals surface area contributed by atoms with E-state index in [-0.39, 0.29) is 12.4 Å². The van der Waals surface area contributed by atoms with Crippen LogP contribution < -0.4 is 0 Å². The minimum Gasteiger partial charge on any atom is -0.460 e. The average Bonchev–Trinajstić information content (AvgIpc) is 2.74. The zero-order valence-corrected chi connectivity index (χ0v) is 8.76. The van der Waals surface area contributed by atoms with Gasteiger partial charge in [0.05, 0.1) is 0 Å². The normalized spacial score (nSPS) is 18.8. The summed E-state index contributed by atoms with van der Waals surface area (Å²) in [5.74, 6) is -1.21. The van der Waals surface area contributed by atoms with Crippen LogP contribution in [0.3, 0.4) is 0 Å². The van der Waals surface area contributed by atoms with E-state index in [2.05, 4.69) is 0 Å². The number of carbonyl (C=O) groups excluding carboxylic acids is 2. The molecule has 0 saturated heterocycles. The number of esters is 1. The quantitative estimate of drug-likeness (QED) is 0.572. The summed E-state index contributed by atoms with van der Waals surface area (Å²) in [7, 11) is 0. The summed E-state index contributed by atoms with van der Waals surface area (Å²) in [6.45, 7) is 0.226. The molecular weight excluding hydrogens is 204 g/mol. The third-order valence-corrected chi connectivity index (χ3v) is 2.51. The van der Waals surface area contributed by atoms with Crippen molar-refractivity contribution in [2.45, 2.75) is 13.0 Å². The molecule has 82 valence electrons. The predicted octanol–water partition coefficient (Wildman–Crippen LogP) is 1.87. The monoisotopic (exact) mass is 216 g/mol. The fourth-order valence-electron chi connectivity index (χ4n) is 1.59. The van der Waals surface area contributed by atoms with Crippen LogP contribution in [0, 0.1) is 5.92 Å². The van der Waals surface area contributed by atoms with Crippen LogP contribution in [0.2, 0.25) is 0 Å². The van der Waals surface area contributed by atoms with Crippen molar-refractivity contribution in [3.05, 3.63) is 48.0 Å². The SMILES string of the molecule is O=C1C=CCC1C(=O)OCc1ccccc1. The smallest absolute Gasteiger partial charge is 0.317 e. The first-order valence-corrected chi connectivity index (χ1v) is 5.18. The van der Waals surface area contributed by atoms with E-state index in [0.29, 0.717) is 6.42 Å². The molecule has 2 rings (SSSR count). The molecule has 1 aliphatic carbocycles. The van der Waals surface area contributed by atoms with Gasteiger partial charge in [0.25, 0.3) is 0 Å². The van der Waals surface area contributed by atoms with E-state index < -0.39 is 11.9 Å². The maximum Gasteiger partial charge on any atom is 0.317 e. The number of rotatable bonds is 3. The lowest BCUT2D eigenvalue weighted by molar-refractivity contribution is -0.151. The number of carbonyl (C=O) groups is 2. The molecule has 0 fully saturated rings. The zero-order valence-electron chi connectivity index (χ0n) is 8.76. The lowest BCUT2D eigenvalue weighted by Crippen LogP contribution is -2.21. The second kappa shape index (κ2) is 4.75. The fraction of sp³-hybridized carbons (Fsp3) is 0.231. The van der Waals surface area contributed by atoms with E-state index in [1.807, 2.05) is 30.3 Å². The van der Waals surface area contributed by atoms with Gasteiger partial charge in [0.1, 0.15) is 12.5 Å². The Morgan fingerprint density at radius 2 is 2.06 bits per heavy atom. The molecule has 1 atom stereocenters. The molecule has 0 N–H and O–H groups in total. The molecule has 16 heavy (non-hydrogen) atoms. The van der Waals surface area contributed by atoms with Gasteiger partial charge in [0.2, 0.25) is 0 Å². The Labute approximate surface area is 93.7 Å². The number of benzene rings is 1. The van der Waals surface area contributed by atoms with E-state index >= 15 is 0 Å². The summed E-state index contributed by atoms with van der Waals surface area (Å²) in [6.07, 6.45) is 3.61. The minimum absolute atomic E-state index is 0.155. The second-order valence-corrected chi connectivity index (χ2v) is 3.69. The molecule has 1 aliphatic rings. The third kappa shape index (κ3) is 2.37. The first-order valence-electron chi connectivity index (χ1n) is 5.18. The molecule has 1 aromatic carbocycles. The number of ketones is 1. The molecule has 0 bridgehead atoms. The van der Waals surface area contributed by atoms with E-state index in [9.17, 15) is 9.59 Å².